The van der Waals surface area contributed by atoms with Gasteiger partial charge in [0, 0.05) is 23.7 Å². The van der Waals surface area contributed by atoms with E-state index in [9.17, 15) is 64.8 Å². The lowest BCUT2D eigenvalue weighted by Crippen LogP contribution is -2.60. The number of primary amides is 1. The van der Waals surface area contributed by atoms with Gasteiger partial charge in [-0.15, -0.1) is 0 Å². The van der Waals surface area contributed by atoms with E-state index in [0.717, 1.165) is 81.0 Å². The molecule has 11 rings (SSSR count). The zero-order valence-corrected chi connectivity index (χ0v) is 56.7. The van der Waals surface area contributed by atoms with Gasteiger partial charge in [0.25, 0.3) is 5.91 Å². The summed E-state index contributed by atoms with van der Waals surface area (Å²) in [5, 5.41) is 112. The van der Waals surface area contributed by atoms with Crippen LogP contribution in [0.2, 0.25) is 5.02 Å². The highest BCUT2D eigenvalue weighted by molar-refractivity contribution is 6.32. The van der Waals surface area contributed by atoms with E-state index in [4.69, 9.17) is 45.9 Å². The Morgan fingerprint density at radius 2 is 1.35 bits per heavy atom. The summed E-state index contributed by atoms with van der Waals surface area (Å²) in [4.78, 5) is 137. The number of nitrogens with one attached hydrogen (secondary N) is 9. The van der Waals surface area contributed by atoms with Crippen LogP contribution in [0.1, 0.15) is 123 Å². The number of hydrogen-bond acceptors (Lipinski definition) is 24. The van der Waals surface area contributed by atoms with Crippen LogP contribution in [0.4, 0.5) is 4.79 Å². The molecule has 5 aromatic rings. The molecule has 14 atom stereocenters. The molecule has 0 unspecified atom stereocenters. The Kier molecular flexibility index (Phi) is 24.8. The number of phenols is 2. The SMILES string of the molecule is CCCCCCNC(=O)Oc1cc(O)c2c(c1)[C@@H](C(=O)NOC)NC(=O)[C@H]1NC(=O)[C@H](NC(=O)[C@@H]3NC(=O)[C@H](CC(N)=O)NC(=O)[C@H](NC(=O)[C@@H](CC(C)C)NC)[C@H](O)c4ccc(c(C)c4)Oc4cc3cc(c4O[C@@H]3O[C@H](CO)[C@@H](O)[C@H](O)[C@H]3O)Oc3ccc(cc3Cl)[C@H]1O)c1ccc(O)c-2c1. The summed E-state index contributed by atoms with van der Waals surface area (Å²) < 4.78 is 30.9. The first-order valence-corrected chi connectivity index (χ1v) is 33.0. The van der Waals surface area contributed by atoms with E-state index >= 15 is 19.2 Å². The van der Waals surface area contributed by atoms with Gasteiger partial charge in [-0.2, -0.15) is 0 Å². The number of halogens is 1. The fourth-order valence-electron chi connectivity index (χ4n) is 12.0. The van der Waals surface area contributed by atoms with Gasteiger partial charge in [0.2, 0.25) is 53.4 Å². The maximum Gasteiger partial charge on any atom is 0.412 e. The molecule has 1 fully saturated rings. The predicted molar refractivity (Wildman–Crippen MR) is 357 cm³/mol. The molecule has 6 aliphatic heterocycles. The molecule has 0 spiro atoms. The summed E-state index contributed by atoms with van der Waals surface area (Å²) in [7, 11) is 2.54. The summed E-state index contributed by atoms with van der Waals surface area (Å²) in [6.45, 7) is 6.42. The molecule has 19 N–H and O–H groups in total. The third-order valence-electron chi connectivity index (χ3n) is 17.4. The highest BCUT2D eigenvalue weighted by atomic mass is 35.5. The highest BCUT2D eigenvalue weighted by Crippen LogP contribution is 2.49. The van der Waals surface area contributed by atoms with E-state index in [2.05, 4.69) is 48.0 Å². The number of amides is 9. The summed E-state index contributed by atoms with van der Waals surface area (Å²) in [6.07, 6.45) is -12.5. The molecule has 0 radical (unpaired) electrons. The number of unbranched alkanes of at least 4 members (excludes halogenated alkanes) is 3. The smallest absolute Gasteiger partial charge is 0.412 e. The minimum atomic E-state index is -2.29. The van der Waals surface area contributed by atoms with Crippen molar-refractivity contribution in [1.29, 1.82) is 0 Å². The molecule has 6 heterocycles. The largest absolute Gasteiger partial charge is 0.507 e. The van der Waals surface area contributed by atoms with Crippen molar-refractivity contribution in [3.8, 4) is 57.1 Å². The molecular weight excluding hydrogens is 1360 g/mol. The van der Waals surface area contributed by atoms with E-state index < -0.39 is 213 Å². The van der Waals surface area contributed by atoms with E-state index in [-0.39, 0.29) is 52.6 Å². The van der Waals surface area contributed by atoms with Gasteiger partial charge < -0.3 is 113 Å². The lowest BCUT2D eigenvalue weighted by Gasteiger charge is -2.39. The molecule has 5 aromatic carbocycles. The number of likely N-dealkylation sites (N-methyl/N-ethyl adjacent to an activating group) is 1. The van der Waals surface area contributed by atoms with Crippen molar-refractivity contribution in [2.24, 2.45) is 11.7 Å². The molecule has 102 heavy (non-hydrogen) atoms. The number of rotatable bonds is 18. The van der Waals surface area contributed by atoms with Crippen LogP contribution in [0.5, 0.6) is 46.0 Å². The van der Waals surface area contributed by atoms with Crippen LogP contribution in [-0.4, -0.2) is 176 Å². The molecule has 548 valence electrons. The molecule has 34 heteroatoms. The van der Waals surface area contributed by atoms with Crippen LogP contribution in [-0.2, 0) is 47.9 Å². The lowest BCUT2D eigenvalue weighted by molar-refractivity contribution is -0.277. The highest BCUT2D eigenvalue weighted by Gasteiger charge is 2.47. The normalized spacial score (nSPS) is 24.6. The van der Waals surface area contributed by atoms with E-state index in [1.54, 1.807) is 0 Å². The summed E-state index contributed by atoms with van der Waals surface area (Å²) >= 11 is 7.04. The number of hydroxylamine groups is 1. The molecular formula is C68H81ClN10O23. The fraction of sp³-hybridized carbons (Fsp3) is 0.426. The second-order valence-corrected chi connectivity index (χ2v) is 25.6. The van der Waals surface area contributed by atoms with E-state index in [1.165, 1.54) is 38.2 Å². The lowest BCUT2D eigenvalue weighted by atomic mass is 9.89. The molecule has 0 saturated carbocycles. The number of nitrogens with two attached hydrogens (primary N) is 1. The predicted octanol–water partition coefficient (Wildman–Crippen LogP) is 1.08. The number of ether oxygens (including phenoxy) is 5. The average Bonchev–Trinajstić information content (AvgIpc) is 0.767. The first-order chi connectivity index (χ1) is 48.5. The monoisotopic (exact) mass is 1440 g/mol. The van der Waals surface area contributed by atoms with Crippen molar-refractivity contribution < 1.29 is 113 Å². The first kappa shape index (κ1) is 76.2. The van der Waals surface area contributed by atoms with Gasteiger partial charge in [-0.1, -0.05) is 69.8 Å². The minimum absolute atomic E-state index is 0.0201. The van der Waals surface area contributed by atoms with Crippen LogP contribution in [0.3, 0.4) is 0 Å². The van der Waals surface area contributed by atoms with Gasteiger partial charge in [-0.25, -0.2) is 10.3 Å². The van der Waals surface area contributed by atoms with Gasteiger partial charge in [0.05, 0.1) is 31.2 Å². The van der Waals surface area contributed by atoms with Gasteiger partial charge >= 0.3 is 6.09 Å². The Morgan fingerprint density at radius 3 is 2.00 bits per heavy atom. The summed E-state index contributed by atoms with van der Waals surface area (Å²) in [5.41, 5.74) is 5.72. The number of aryl methyl sites for hydroxylation is 1. The maximum absolute atomic E-state index is 16.0. The van der Waals surface area contributed by atoms with Crippen LogP contribution in [0.15, 0.2) is 78.9 Å². The third-order valence-corrected chi connectivity index (χ3v) is 17.6. The molecule has 6 aliphatic rings. The Labute approximate surface area is 588 Å². The number of phenolic OH excluding ortho intramolecular Hbond substituents is 2. The number of carbonyl (C=O) groups excluding carboxylic acids is 9. The third kappa shape index (κ3) is 17.3. The summed E-state index contributed by atoms with van der Waals surface area (Å²) in [5.74, 6) is -14.1. The van der Waals surface area contributed by atoms with Crippen molar-refractivity contribution in [1.82, 2.24) is 48.0 Å². The number of carbonyl (C=O) groups is 9. The standard InChI is InChI=1S/C68H81ClN10O23/c1-7-8-9-10-17-72-68(96)98-34-24-36-48(41(82)25-34)35-20-30(11-14-40(35)81)49-62(91)78-53(65(94)76-51(36)66(95)79-97-6)55(85)32-13-16-43(37(69)21-32)100-45-23-33-22-44(59(45)102-67-58(88)57(87)56(86)46(27-80)101-67)99-42-15-12-31(19-29(42)4)54(84)52(77-60(89)38(71-5)18-28(2)3)64(93)73-39(26-47(70)83)61(90)74-50(33)63(92)75-49/h11-16,19-25,28,38-39,46,49-58,67,71,80-82,84-88H,7-10,17-18,26-27H2,1-6H3,(H2,70,83)(H,72,96)(H,73,93)(H,74,90)(H,75,92)(H,76,94)(H,77,89)(H,78,91)(H,79,95)/t38-,39+,46-,49-,50-,51+,52-,53+,54-,55-,56-,57+,58-,67+/m1/s1. The molecule has 33 nitrogen and oxygen atoms in total. The second kappa shape index (κ2) is 33.2. The zero-order chi connectivity index (χ0) is 74.1. The first-order valence-electron chi connectivity index (χ1n) is 32.6. The Morgan fingerprint density at radius 1 is 0.696 bits per heavy atom. The number of aliphatic hydroxyl groups excluding tert-OH is 6. The number of fused-ring (bicyclic) bond motifs is 15. The number of hydrogen-bond donors (Lipinski definition) is 18. The molecule has 9 amide bonds. The number of aromatic hydroxyl groups is 2. The molecule has 1 saturated heterocycles. The molecule has 0 aromatic heterocycles. The van der Waals surface area contributed by atoms with Gasteiger partial charge in [-0.05, 0) is 121 Å². The Bertz CT molecular complexity index is 4010. The van der Waals surface area contributed by atoms with Crippen molar-refractivity contribution in [2.45, 2.75) is 151 Å². The van der Waals surface area contributed by atoms with Crippen LogP contribution >= 0.6 is 11.6 Å². The fourth-order valence-corrected chi connectivity index (χ4v) is 12.2. The van der Waals surface area contributed by atoms with Crippen molar-refractivity contribution in [2.75, 3.05) is 27.3 Å². The zero-order valence-electron chi connectivity index (χ0n) is 56.0. The van der Waals surface area contributed by atoms with E-state index in [1.807, 2.05) is 20.8 Å². The second-order valence-electron chi connectivity index (χ2n) is 25.2. The summed E-state index contributed by atoms with van der Waals surface area (Å²) in [6, 6.07) is 0.950. The van der Waals surface area contributed by atoms with Crippen LogP contribution in [0.25, 0.3) is 11.1 Å². The Balaban J connectivity index is 1.30. The van der Waals surface area contributed by atoms with Crippen LogP contribution < -0.4 is 72.7 Å². The van der Waals surface area contributed by atoms with Gasteiger partial charge in [-0.3, -0.25) is 43.2 Å². The number of benzene rings is 5. The van der Waals surface area contributed by atoms with Crippen molar-refractivity contribution in [3.63, 3.8) is 0 Å². The van der Waals surface area contributed by atoms with Gasteiger partial charge in [0.15, 0.2) is 11.5 Å². The average molecular weight is 1440 g/mol. The number of aliphatic hydroxyl groups is 6. The van der Waals surface area contributed by atoms with Crippen LogP contribution in [0, 0.1) is 12.8 Å². The quantitative estimate of drug-likeness (QED) is 0.0431. The van der Waals surface area contributed by atoms with E-state index in [0.29, 0.717) is 6.42 Å². The van der Waals surface area contributed by atoms with Crippen molar-refractivity contribution in [3.05, 3.63) is 117 Å². The topological polar surface area (TPSA) is 505 Å². The maximum atomic E-state index is 16.0. The molecule has 11 bridgehead atoms. The minimum Gasteiger partial charge on any atom is -0.507 e. The van der Waals surface area contributed by atoms with Crippen molar-refractivity contribution >= 4 is 65.0 Å². The molecule has 0 aliphatic carbocycles. The van der Waals surface area contributed by atoms with Gasteiger partial charge in [0.1, 0.15) is 102 Å². The Hall–Kier alpha value is -9.94.